The summed E-state index contributed by atoms with van der Waals surface area (Å²) in [6.45, 7) is 1.92. The second-order valence-electron chi connectivity index (χ2n) is 5.67. The van der Waals surface area contributed by atoms with Gasteiger partial charge in [-0.15, -0.1) is 0 Å². The highest BCUT2D eigenvalue weighted by atomic mass is 32.2. The smallest absolute Gasteiger partial charge is 0.333 e. The molecule has 5 nitrogen and oxygen atoms in total. The molecule has 1 aliphatic rings. The minimum atomic E-state index is -3.80. The number of hydrogen-bond donors (Lipinski definition) is 1. The van der Waals surface area contributed by atoms with E-state index in [-0.39, 0.29) is 17.0 Å². The normalized spacial score (nSPS) is 18.4. The minimum absolute atomic E-state index is 0.0391. The molecule has 124 valence electrons. The van der Waals surface area contributed by atoms with Crippen molar-refractivity contribution in [3.63, 3.8) is 0 Å². The lowest BCUT2D eigenvalue weighted by Crippen LogP contribution is -2.33. The fourth-order valence-electron chi connectivity index (χ4n) is 2.83. The molecule has 0 bridgehead atoms. The number of carboxylic acid groups (broad SMARTS) is 1. The van der Waals surface area contributed by atoms with Gasteiger partial charge in [0.25, 0.3) is 0 Å². The summed E-state index contributed by atoms with van der Waals surface area (Å²) < 4.78 is 27.2. The summed E-state index contributed by atoms with van der Waals surface area (Å²) in [5.74, 6) is -1.11. The third-order valence-electron chi connectivity index (χ3n) is 4.06. The van der Waals surface area contributed by atoms with E-state index < -0.39 is 22.0 Å². The summed E-state index contributed by atoms with van der Waals surface area (Å²) in [5.41, 5.74) is 1.68. The second-order valence-corrected chi connectivity index (χ2v) is 7.56. The molecular weight excluding hydrogens is 326 g/mol. The molecule has 6 heteroatoms. The van der Waals surface area contributed by atoms with Gasteiger partial charge in [0.2, 0.25) is 10.0 Å². The summed E-state index contributed by atoms with van der Waals surface area (Å²) in [7, 11) is -3.80. The topological polar surface area (TPSA) is 74.7 Å². The summed E-state index contributed by atoms with van der Waals surface area (Å²) in [5, 5.41) is 9.45. The Labute approximate surface area is 140 Å². The predicted octanol–water partition coefficient (Wildman–Crippen LogP) is 2.75. The van der Waals surface area contributed by atoms with Crippen LogP contribution in [0.2, 0.25) is 0 Å². The molecule has 0 saturated heterocycles. The van der Waals surface area contributed by atoms with Crippen LogP contribution in [0.15, 0.2) is 71.1 Å². The second kappa shape index (κ2) is 6.22. The van der Waals surface area contributed by atoms with Crippen LogP contribution in [0.25, 0.3) is 0 Å². The summed E-state index contributed by atoms with van der Waals surface area (Å²) in [4.78, 5) is 11.7. The van der Waals surface area contributed by atoms with Gasteiger partial charge in [-0.05, 0) is 24.6 Å². The van der Waals surface area contributed by atoms with E-state index in [0.29, 0.717) is 5.56 Å². The quantitative estimate of drug-likeness (QED) is 0.926. The third-order valence-corrected chi connectivity index (χ3v) is 5.91. The lowest BCUT2D eigenvalue weighted by molar-refractivity contribution is -0.133. The number of hydrogen-bond acceptors (Lipinski definition) is 3. The number of benzene rings is 2. The zero-order valence-corrected chi connectivity index (χ0v) is 13.9. The van der Waals surface area contributed by atoms with Gasteiger partial charge in [-0.3, -0.25) is 0 Å². The Hall–Kier alpha value is -2.44. The molecule has 1 atom stereocenters. The van der Waals surface area contributed by atoms with Gasteiger partial charge in [0, 0.05) is 6.54 Å². The SMILES string of the molecule is Cc1ccc(S(=O)(=O)N2CC=C(C(=O)O)[C@@H]2c2ccccc2)cc1. The van der Waals surface area contributed by atoms with Gasteiger partial charge < -0.3 is 5.11 Å². The average Bonchev–Trinajstić information content (AvgIpc) is 3.02. The van der Waals surface area contributed by atoms with E-state index in [1.165, 1.54) is 10.4 Å². The molecule has 24 heavy (non-hydrogen) atoms. The Balaban J connectivity index is 2.06. The Kier molecular flexibility index (Phi) is 4.26. The maximum absolute atomic E-state index is 13.0. The number of carboxylic acids is 1. The Morgan fingerprint density at radius 3 is 2.29 bits per heavy atom. The molecule has 0 amide bonds. The zero-order chi connectivity index (χ0) is 17.3. The van der Waals surface area contributed by atoms with Crippen LogP contribution in [0, 0.1) is 6.92 Å². The van der Waals surface area contributed by atoms with Crippen molar-refractivity contribution in [2.45, 2.75) is 17.9 Å². The molecule has 1 heterocycles. The van der Waals surface area contributed by atoms with Crippen molar-refractivity contribution >= 4 is 16.0 Å². The van der Waals surface area contributed by atoms with Crippen LogP contribution >= 0.6 is 0 Å². The molecule has 0 saturated carbocycles. The first kappa shape index (κ1) is 16.4. The van der Waals surface area contributed by atoms with Crippen LogP contribution in [-0.4, -0.2) is 30.3 Å². The van der Waals surface area contributed by atoms with Crippen molar-refractivity contribution in [1.29, 1.82) is 0 Å². The van der Waals surface area contributed by atoms with Crippen LogP contribution < -0.4 is 0 Å². The molecule has 2 aromatic carbocycles. The van der Waals surface area contributed by atoms with Gasteiger partial charge >= 0.3 is 5.97 Å². The van der Waals surface area contributed by atoms with E-state index in [0.717, 1.165) is 5.56 Å². The maximum Gasteiger partial charge on any atom is 0.333 e. The van der Waals surface area contributed by atoms with E-state index in [4.69, 9.17) is 0 Å². The highest BCUT2D eigenvalue weighted by molar-refractivity contribution is 7.89. The van der Waals surface area contributed by atoms with Crippen molar-refractivity contribution in [3.8, 4) is 0 Å². The van der Waals surface area contributed by atoms with Crippen LogP contribution in [0.1, 0.15) is 17.2 Å². The van der Waals surface area contributed by atoms with Crippen molar-refractivity contribution in [2.75, 3.05) is 6.54 Å². The molecule has 0 radical (unpaired) electrons. The first-order chi connectivity index (χ1) is 11.4. The number of carbonyl (C=O) groups is 1. The van der Waals surface area contributed by atoms with E-state index in [1.54, 1.807) is 54.6 Å². The van der Waals surface area contributed by atoms with Crippen LogP contribution in [0.3, 0.4) is 0 Å². The lowest BCUT2D eigenvalue weighted by Gasteiger charge is -2.26. The fraction of sp³-hybridized carbons (Fsp3) is 0.167. The number of sulfonamides is 1. The number of aliphatic carboxylic acids is 1. The zero-order valence-electron chi connectivity index (χ0n) is 13.1. The first-order valence-electron chi connectivity index (χ1n) is 7.48. The van der Waals surface area contributed by atoms with Gasteiger partial charge in [-0.1, -0.05) is 54.1 Å². The van der Waals surface area contributed by atoms with Crippen molar-refractivity contribution < 1.29 is 18.3 Å². The highest BCUT2D eigenvalue weighted by Crippen LogP contribution is 2.37. The van der Waals surface area contributed by atoms with Gasteiger partial charge in [0.1, 0.15) is 0 Å². The summed E-state index contributed by atoms with van der Waals surface area (Å²) >= 11 is 0. The molecule has 3 rings (SSSR count). The highest BCUT2D eigenvalue weighted by Gasteiger charge is 2.40. The Bertz CT molecular complexity index is 886. The summed E-state index contributed by atoms with van der Waals surface area (Å²) in [6.07, 6.45) is 1.46. The standard InChI is InChI=1S/C18H17NO4S/c1-13-7-9-15(10-8-13)24(22,23)19-12-11-16(18(20)21)17(19)14-5-3-2-4-6-14/h2-11,17H,12H2,1H3,(H,20,21)/t17-/m0/s1. The molecule has 0 fully saturated rings. The van der Waals surface area contributed by atoms with Gasteiger partial charge in [0.05, 0.1) is 16.5 Å². The van der Waals surface area contributed by atoms with Crippen LogP contribution in [0.5, 0.6) is 0 Å². The molecular formula is C18H17NO4S. The average molecular weight is 343 g/mol. The summed E-state index contributed by atoms with van der Waals surface area (Å²) in [6, 6.07) is 14.5. The lowest BCUT2D eigenvalue weighted by atomic mass is 10.0. The number of aryl methyl sites for hydroxylation is 1. The van der Waals surface area contributed by atoms with Gasteiger partial charge in [0.15, 0.2) is 0 Å². The van der Waals surface area contributed by atoms with E-state index in [2.05, 4.69) is 0 Å². The molecule has 1 N–H and O–H groups in total. The molecule has 2 aromatic rings. The molecule has 0 aliphatic carbocycles. The van der Waals surface area contributed by atoms with E-state index in [9.17, 15) is 18.3 Å². The fourth-order valence-corrected chi connectivity index (χ4v) is 4.36. The number of nitrogens with zero attached hydrogens (tertiary/aromatic N) is 1. The number of rotatable bonds is 4. The van der Waals surface area contributed by atoms with Crippen molar-refractivity contribution in [2.24, 2.45) is 0 Å². The maximum atomic E-state index is 13.0. The largest absolute Gasteiger partial charge is 0.478 e. The van der Waals surface area contributed by atoms with E-state index in [1.807, 2.05) is 6.92 Å². The Morgan fingerprint density at radius 2 is 1.71 bits per heavy atom. The molecule has 0 unspecified atom stereocenters. The monoisotopic (exact) mass is 343 g/mol. The van der Waals surface area contributed by atoms with Crippen LogP contribution in [-0.2, 0) is 14.8 Å². The third kappa shape index (κ3) is 2.86. The molecule has 1 aliphatic heterocycles. The Morgan fingerprint density at radius 1 is 1.08 bits per heavy atom. The van der Waals surface area contributed by atoms with Gasteiger partial charge in [-0.25, -0.2) is 13.2 Å². The molecule has 0 spiro atoms. The van der Waals surface area contributed by atoms with E-state index >= 15 is 0 Å². The molecule has 0 aromatic heterocycles. The van der Waals surface area contributed by atoms with Gasteiger partial charge in [-0.2, -0.15) is 4.31 Å². The van der Waals surface area contributed by atoms with Crippen molar-refractivity contribution in [1.82, 2.24) is 4.31 Å². The minimum Gasteiger partial charge on any atom is -0.478 e. The van der Waals surface area contributed by atoms with Crippen molar-refractivity contribution in [3.05, 3.63) is 77.4 Å². The van der Waals surface area contributed by atoms with Crippen LogP contribution in [0.4, 0.5) is 0 Å². The first-order valence-corrected chi connectivity index (χ1v) is 8.92. The predicted molar refractivity (Wildman–Crippen MR) is 90.0 cm³/mol.